The maximum absolute atomic E-state index is 10.3. The van der Waals surface area contributed by atoms with Gasteiger partial charge in [-0.3, -0.25) is 4.57 Å². The van der Waals surface area contributed by atoms with E-state index in [-0.39, 0.29) is 29.6 Å². The number of hydrogen-bond acceptors (Lipinski definition) is 5. The van der Waals surface area contributed by atoms with Crippen molar-refractivity contribution in [1.29, 1.82) is 0 Å². The molecule has 7 heteroatoms. The smallest absolute Gasteiger partial charge is 0.770 e. The van der Waals surface area contributed by atoms with Gasteiger partial charge in [-0.1, -0.05) is 0 Å². The molecule has 0 saturated carbocycles. The first-order valence-electron chi connectivity index (χ1n) is 2.00. The average molecular weight is 176 g/mol. The number of rotatable bonds is 2. The molecule has 1 unspecified atom stereocenters. The predicted molar refractivity (Wildman–Crippen MR) is 27.0 cm³/mol. The molecule has 0 N–H and O–H groups in total. The van der Waals surface area contributed by atoms with Gasteiger partial charge < -0.3 is 14.2 Å². The van der Waals surface area contributed by atoms with Gasteiger partial charge in [0.1, 0.15) is 0 Å². The molecule has 54 valence electrons. The van der Waals surface area contributed by atoms with E-state index in [1.807, 2.05) is 0 Å². The van der Waals surface area contributed by atoms with Crippen LogP contribution in [0.4, 0.5) is 4.79 Å². The predicted octanol–water partition coefficient (Wildman–Crippen LogP) is -3.04. The van der Waals surface area contributed by atoms with Gasteiger partial charge in [0.25, 0.3) is 0 Å². The van der Waals surface area contributed by atoms with Crippen LogP contribution in [0.15, 0.2) is 0 Å². The molecule has 5 nitrogen and oxygen atoms in total. The molecule has 0 radical (unpaired) electrons. The van der Waals surface area contributed by atoms with Gasteiger partial charge in [0, 0.05) is 7.11 Å². The third-order valence-electron chi connectivity index (χ3n) is 0.639. The Kier molecular flexibility index (Phi) is 7.00. The zero-order chi connectivity index (χ0) is 7.49. The van der Waals surface area contributed by atoms with Crippen molar-refractivity contribution in [2.75, 3.05) is 14.2 Å². The quantitative estimate of drug-likeness (QED) is 0.330. The molecule has 0 bridgehead atoms. The second kappa shape index (κ2) is 5.29. The number of ether oxygens (including phenoxy) is 1. The molecule has 0 aliphatic rings. The monoisotopic (exact) mass is 176 g/mol. The summed E-state index contributed by atoms with van der Waals surface area (Å²) in [5.41, 5.74) is -1.36. The minimum Gasteiger partial charge on any atom is -0.770 e. The molecule has 0 aromatic rings. The van der Waals surface area contributed by atoms with Crippen molar-refractivity contribution in [2.45, 2.75) is 0 Å². The van der Waals surface area contributed by atoms with Gasteiger partial charge in [-0.2, -0.15) is 0 Å². The molecule has 0 spiro atoms. The Morgan fingerprint density at radius 2 is 1.90 bits per heavy atom. The van der Waals surface area contributed by atoms with Gasteiger partial charge >= 0.3 is 35.3 Å². The molecule has 1 atom stereocenters. The Hall–Kier alpha value is 0.620. The van der Waals surface area contributed by atoms with Crippen LogP contribution in [-0.4, -0.2) is 19.9 Å². The zero-order valence-electron chi connectivity index (χ0n) is 5.99. The van der Waals surface area contributed by atoms with E-state index in [9.17, 15) is 14.3 Å². The van der Waals surface area contributed by atoms with Crippen LogP contribution in [0.3, 0.4) is 0 Å². The second-order valence-electron chi connectivity index (χ2n) is 1.15. The third kappa shape index (κ3) is 3.71. The minimum atomic E-state index is -4.38. The number of hydrogen-bond donors (Lipinski definition) is 0. The van der Waals surface area contributed by atoms with Crippen LogP contribution in [0.2, 0.25) is 0 Å². The fourth-order valence-electron chi connectivity index (χ4n) is 0.186. The fraction of sp³-hybridized carbons (Fsp3) is 0.667. The summed E-state index contributed by atoms with van der Waals surface area (Å²) in [6.45, 7) is 0. The molecule has 0 fully saturated rings. The molecule has 0 aliphatic carbocycles. The van der Waals surface area contributed by atoms with Crippen LogP contribution in [-0.2, 0) is 13.8 Å². The minimum absolute atomic E-state index is 0. The van der Waals surface area contributed by atoms with Gasteiger partial charge in [0.2, 0.25) is 7.60 Å². The van der Waals surface area contributed by atoms with Crippen molar-refractivity contribution in [3.63, 3.8) is 0 Å². The maximum Gasteiger partial charge on any atom is 1.00 e. The summed E-state index contributed by atoms with van der Waals surface area (Å²) < 4.78 is 17.9. The molecule has 0 saturated heterocycles. The zero-order valence-corrected chi connectivity index (χ0v) is 8.88. The number of carbonyl (C=O) groups is 1. The Morgan fingerprint density at radius 3 is 2.00 bits per heavy atom. The normalized spacial score (nSPS) is 14.7. The van der Waals surface area contributed by atoms with Crippen LogP contribution >= 0.6 is 7.60 Å². The summed E-state index contributed by atoms with van der Waals surface area (Å²) in [7, 11) is -2.52. The summed E-state index contributed by atoms with van der Waals surface area (Å²) >= 11 is 0. The summed E-state index contributed by atoms with van der Waals surface area (Å²) in [5.74, 6) is 0. The van der Waals surface area contributed by atoms with E-state index < -0.39 is 13.3 Å². The van der Waals surface area contributed by atoms with Crippen molar-refractivity contribution in [3.8, 4) is 0 Å². The van der Waals surface area contributed by atoms with E-state index in [1.165, 1.54) is 0 Å². The second-order valence-corrected chi connectivity index (χ2v) is 2.88. The van der Waals surface area contributed by atoms with Gasteiger partial charge in [-0.05, 0) is 0 Å². The van der Waals surface area contributed by atoms with E-state index in [0.29, 0.717) is 0 Å². The first-order chi connectivity index (χ1) is 4.04. The van der Waals surface area contributed by atoms with Crippen molar-refractivity contribution < 1.29 is 53.1 Å². The molecule has 0 heterocycles. The van der Waals surface area contributed by atoms with Gasteiger partial charge in [-0.15, -0.1) is 0 Å². The summed E-state index contributed by atoms with van der Waals surface area (Å²) in [4.78, 5) is 20.4. The molecule has 0 aliphatic heterocycles. The largest absolute Gasteiger partial charge is 1.00 e. The average Bonchev–Trinajstić information content (AvgIpc) is 1.86. The Morgan fingerprint density at radius 1 is 1.50 bits per heavy atom. The Balaban J connectivity index is 0. The van der Waals surface area contributed by atoms with E-state index in [2.05, 4.69) is 9.26 Å². The van der Waals surface area contributed by atoms with Crippen LogP contribution in [0.5, 0.6) is 0 Å². The SMILES string of the molecule is COC(=O)P(=O)([O-])OC.[Na+]. The van der Waals surface area contributed by atoms with Crippen molar-refractivity contribution in [2.24, 2.45) is 0 Å². The van der Waals surface area contributed by atoms with Crippen molar-refractivity contribution >= 4 is 13.3 Å². The van der Waals surface area contributed by atoms with Crippen LogP contribution in [0.1, 0.15) is 0 Å². The first-order valence-corrected chi connectivity index (χ1v) is 3.54. The molecule has 10 heavy (non-hydrogen) atoms. The van der Waals surface area contributed by atoms with Gasteiger partial charge in [0.05, 0.1) is 7.11 Å². The summed E-state index contributed by atoms with van der Waals surface area (Å²) in [6.07, 6.45) is 0. The summed E-state index contributed by atoms with van der Waals surface area (Å²) in [6, 6.07) is 0. The first kappa shape index (κ1) is 13.2. The topological polar surface area (TPSA) is 75.7 Å². The Bertz CT molecular complexity index is 157. The Labute approximate surface area is 80.5 Å². The van der Waals surface area contributed by atoms with E-state index in [1.54, 1.807) is 0 Å². The van der Waals surface area contributed by atoms with E-state index >= 15 is 0 Å². The molecular weight excluding hydrogens is 170 g/mol. The molecule has 0 rings (SSSR count). The molecule has 0 aromatic carbocycles. The molecular formula is C3H6NaO5P. The maximum atomic E-state index is 10.3. The van der Waals surface area contributed by atoms with Crippen molar-refractivity contribution in [1.82, 2.24) is 0 Å². The molecule has 0 aromatic heterocycles. The van der Waals surface area contributed by atoms with Crippen LogP contribution < -0.4 is 34.5 Å². The number of carbonyl (C=O) groups excluding carboxylic acids is 1. The van der Waals surface area contributed by atoms with Gasteiger partial charge in [0.15, 0.2) is 0 Å². The molecule has 0 amide bonds. The van der Waals surface area contributed by atoms with Gasteiger partial charge in [-0.25, -0.2) is 4.79 Å². The standard InChI is InChI=1S/C3H7O5P.Na/c1-7-3(4)9(5,6)8-2;/h1-2H3,(H,5,6);/q;+1/p-1. The van der Waals surface area contributed by atoms with E-state index in [4.69, 9.17) is 0 Å². The van der Waals surface area contributed by atoms with Crippen molar-refractivity contribution in [3.05, 3.63) is 0 Å². The third-order valence-corrected chi connectivity index (χ3v) is 1.75. The van der Waals surface area contributed by atoms with Crippen LogP contribution in [0, 0.1) is 0 Å². The summed E-state index contributed by atoms with van der Waals surface area (Å²) in [5, 5.41) is 0. The number of methoxy groups -OCH3 is 1. The van der Waals surface area contributed by atoms with Crippen LogP contribution in [0.25, 0.3) is 0 Å². The van der Waals surface area contributed by atoms with E-state index in [0.717, 1.165) is 14.2 Å². The fourth-order valence-corrected chi connectivity index (χ4v) is 0.559.